The fourth-order valence-electron chi connectivity index (χ4n) is 3.46. The molecule has 0 bridgehead atoms. The Morgan fingerprint density at radius 1 is 1.29 bits per heavy atom. The van der Waals surface area contributed by atoms with Gasteiger partial charge in [0.25, 0.3) is 11.5 Å². The minimum atomic E-state index is -0.120. The van der Waals surface area contributed by atoms with E-state index in [-0.39, 0.29) is 11.5 Å². The normalized spacial score (nSPS) is 16.3. The van der Waals surface area contributed by atoms with E-state index in [2.05, 4.69) is 15.3 Å². The zero-order chi connectivity index (χ0) is 19.5. The smallest absolute Gasteiger partial charge is 0.268 e. The average molecular weight is 378 g/mol. The van der Waals surface area contributed by atoms with Gasteiger partial charge in [-0.15, -0.1) is 0 Å². The van der Waals surface area contributed by atoms with E-state index in [4.69, 9.17) is 4.42 Å². The lowest BCUT2D eigenvalue weighted by molar-refractivity contribution is 0.0948. The Balaban J connectivity index is 1.35. The van der Waals surface area contributed by atoms with Crippen molar-refractivity contribution in [3.8, 4) is 11.3 Å². The molecule has 3 aromatic rings. The molecule has 1 aliphatic rings. The average Bonchev–Trinajstić information content (AvgIpc) is 3.40. The fraction of sp³-hybridized carbons (Fsp3) is 0.286. The second kappa shape index (κ2) is 7.72. The van der Waals surface area contributed by atoms with E-state index in [0.717, 1.165) is 36.5 Å². The second-order valence-corrected chi connectivity index (χ2v) is 7.04. The summed E-state index contributed by atoms with van der Waals surface area (Å²) in [6.45, 7) is 2.24. The quantitative estimate of drug-likeness (QED) is 0.737. The van der Waals surface area contributed by atoms with E-state index in [1.54, 1.807) is 31.6 Å². The van der Waals surface area contributed by atoms with E-state index in [1.165, 1.54) is 4.68 Å². The number of hydrogen-bond acceptors (Lipinski definition) is 5. The monoisotopic (exact) mass is 378 g/mol. The maximum atomic E-state index is 12.5. The van der Waals surface area contributed by atoms with Crippen LogP contribution >= 0.6 is 0 Å². The number of aryl methyl sites for hydroxylation is 1. The van der Waals surface area contributed by atoms with Gasteiger partial charge < -0.3 is 14.6 Å². The van der Waals surface area contributed by atoms with Gasteiger partial charge in [-0.2, -0.15) is 5.10 Å². The number of nitrogens with one attached hydrogen (secondary N) is 1. The SMILES string of the molecule is Cn1ncc(N2CCC(CNC(=O)c3cccc(-c4ccco4)c3)C2)cc1=O. The molecular formula is C21H22N4O3. The van der Waals surface area contributed by atoms with Crippen LogP contribution in [0.3, 0.4) is 0 Å². The number of amides is 1. The van der Waals surface area contributed by atoms with Gasteiger partial charge in [0.05, 0.1) is 18.1 Å². The number of rotatable bonds is 5. The van der Waals surface area contributed by atoms with Crippen LogP contribution in [0.2, 0.25) is 0 Å². The largest absolute Gasteiger partial charge is 0.464 e. The summed E-state index contributed by atoms with van der Waals surface area (Å²) >= 11 is 0. The summed E-state index contributed by atoms with van der Waals surface area (Å²) in [5.41, 5.74) is 2.20. The van der Waals surface area contributed by atoms with Crippen LogP contribution in [0.5, 0.6) is 0 Å². The number of nitrogens with zero attached hydrogens (tertiary/aromatic N) is 3. The van der Waals surface area contributed by atoms with Crippen molar-refractivity contribution >= 4 is 11.6 Å². The van der Waals surface area contributed by atoms with Crippen LogP contribution in [0, 0.1) is 5.92 Å². The number of furan rings is 1. The van der Waals surface area contributed by atoms with Crippen LogP contribution in [0.15, 0.2) is 64.1 Å². The molecule has 0 radical (unpaired) electrons. The lowest BCUT2D eigenvalue weighted by atomic mass is 10.1. The molecule has 144 valence electrons. The van der Waals surface area contributed by atoms with E-state index < -0.39 is 0 Å². The van der Waals surface area contributed by atoms with Crippen molar-refractivity contribution in [2.24, 2.45) is 13.0 Å². The van der Waals surface area contributed by atoms with Crippen LogP contribution < -0.4 is 15.8 Å². The van der Waals surface area contributed by atoms with Crippen molar-refractivity contribution in [1.29, 1.82) is 0 Å². The molecule has 3 heterocycles. The third-order valence-corrected chi connectivity index (χ3v) is 5.09. The summed E-state index contributed by atoms with van der Waals surface area (Å²) in [6.07, 6.45) is 4.29. The standard InChI is InChI=1S/C21H22N4O3/c1-24-20(26)11-18(13-23-24)25-8-7-15(14-25)12-22-21(27)17-5-2-4-16(10-17)19-6-3-9-28-19/h2-6,9-11,13,15H,7-8,12,14H2,1H3,(H,22,27). The van der Waals surface area contributed by atoms with Gasteiger partial charge in [-0.1, -0.05) is 12.1 Å². The molecule has 7 nitrogen and oxygen atoms in total. The number of aromatic nitrogens is 2. The molecule has 4 rings (SSSR count). The lowest BCUT2D eigenvalue weighted by Gasteiger charge is -2.18. The highest BCUT2D eigenvalue weighted by atomic mass is 16.3. The fourth-order valence-corrected chi connectivity index (χ4v) is 3.46. The number of benzene rings is 1. The van der Waals surface area contributed by atoms with Crippen molar-refractivity contribution < 1.29 is 9.21 Å². The first-order valence-corrected chi connectivity index (χ1v) is 9.30. The molecule has 28 heavy (non-hydrogen) atoms. The maximum absolute atomic E-state index is 12.5. The van der Waals surface area contributed by atoms with Gasteiger partial charge in [0.1, 0.15) is 5.76 Å². The lowest BCUT2D eigenvalue weighted by Crippen LogP contribution is -2.31. The van der Waals surface area contributed by atoms with E-state index >= 15 is 0 Å². The van der Waals surface area contributed by atoms with Crippen LogP contribution in [0.1, 0.15) is 16.8 Å². The minimum Gasteiger partial charge on any atom is -0.464 e. The van der Waals surface area contributed by atoms with Gasteiger partial charge in [0.2, 0.25) is 0 Å². The summed E-state index contributed by atoms with van der Waals surface area (Å²) in [5.74, 6) is 0.979. The number of anilines is 1. The van der Waals surface area contributed by atoms with Gasteiger partial charge in [0.15, 0.2) is 0 Å². The third kappa shape index (κ3) is 3.83. The first-order valence-electron chi connectivity index (χ1n) is 9.30. The zero-order valence-corrected chi connectivity index (χ0v) is 15.7. The third-order valence-electron chi connectivity index (χ3n) is 5.09. The van der Waals surface area contributed by atoms with Gasteiger partial charge in [-0.25, -0.2) is 4.68 Å². The predicted molar refractivity (Wildman–Crippen MR) is 106 cm³/mol. The predicted octanol–water partition coefficient (Wildman–Crippen LogP) is 2.30. The summed E-state index contributed by atoms with van der Waals surface area (Å²) in [7, 11) is 1.63. The molecule has 2 aromatic heterocycles. The Labute approximate surface area is 162 Å². The van der Waals surface area contributed by atoms with E-state index in [1.807, 2.05) is 30.3 Å². The molecule has 1 saturated heterocycles. The molecule has 1 N–H and O–H groups in total. The zero-order valence-electron chi connectivity index (χ0n) is 15.7. The van der Waals surface area contributed by atoms with Gasteiger partial charge in [0, 0.05) is 43.9 Å². The van der Waals surface area contributed by atoms with Gasteiger partial charge in [-0.3, -0.25) is 9.59 Å². The summed E-state index contributed by atoms with van der Waals surface area (Å²) < 4.78 is 6.71. The summed E-state index contributed by atoms with van der Waals surface area (Å²) in [5, 5.41) is 7.10. The van der Waals surface area contributed by atoms with Crippen molar-refractivity contribution in [2.45, 2.75) is 6.42 Å². The molecule has 1 amide bonds. The van der Waals surface area contributed by atoms with Crippen LogP contribution in [0.25, 0.3) is 11.3 Å². The van der Waals surface area contributed by atoms with Crippen LogP contribution in [-0.2, 0) is 7.05 Å². The van der Waals surface area contributed by atoms with Crippen LogP contribution in [0.4, 0.5) is 5.69 Å². The number of carbonyl (C=O) groups excluding carboxylic acids is 1. The number of hydrogen-bond donors (Lipinski definition) is 1. The van der Waals surface area contributed by atoms with E-state index in [9.17, 15) is 9.59 Å². The molecule has 1 atom stereocenters. The Bertz CT molecular complexity index is 1030. The highest BCUT2D eigenvalue weighted by Gasteiger charge is 2.24. The molecule has 7 heteroatoms. The Kier molecular flexibility index (Phi) is 4.97. The van der Waals surface area contributed by atoms with Crippen molar-refractivity contribution in [1.82, 2.24) is 15.1 Å². The molecule has 0 aliphatic carbocycles. The topological polar surface area (TPSA) is 80.4 Å². The van der Waals surface area contributed by atoms with Crippen molar-refractivity contribution in [3.63, 3.8) is 0 Å². The highest BCUT2D eigenvalue weighted by Crippen LogP contribution is 2.23. The van der Waals surface area contributed by atoms with Gasteiger partial charge >= 0.3 is 0 Å². The second-order valence-electron chi connectivity index (χ2n) is 7.04. The first-order chi connectivity index (χ1) is 13.6. The minimum absolute atomic E-state index is 0.0953. The molecule has 1 aromatic carbocycles. The maximum Gasteiger partial charge on any atom is 0.268 e. The summed E-state index contributed by atoms with van der Waals surface area (Å²) in [4.78, 5) is 26.5. The first kappa shape index (κ1) is 18.0. The Morgan fingerprint density at radius 3 is 2.96 bits per heavy atom. The van der Waals surface area contributed by atoms with Gasteiger partial charge in [-0.05, 0) is 36.6 Å². The molecule has 1 fully saturated rings. The highest BCUT2D eigenvalue weighted by molar-refractivity contribution is 5.95. The van der Waals surface area contributed by atoms with Crippen molar-refractivity contribution in [3.05, 3.63) is 70.8 Å². The molecule has 0 spiro atoms. The number of carbonyl (C=O) groups is 1. The molecule has 1 unspecified atom stereocenters. The molecular weight excluding hydrogens is 356 g/mol. The Hall–Kier alpha value is -3.35. The molecule has 1 aliphatic heterocycles. The van der Waals surface area contributed by atoms with Crippen LogP contribution in [-0.4, -0.2) is 35.3 Å². The van der Waals surface area contributed by atoms with Crippen molar-refractivity contribution in [2.75, 3.05) is 24.5 Å². The molecule has 0 saturated carbocycles. The van der Waals surface area contributed by atoms with E-state index in [0.29, 0.717) is 18.0 Å². The Morgan fingerprint density at radius 2 is 2.18 bits per heavy atom. The summed E-state index contributed by atoms with van der Waals surface area (Å²) in [6, 6.07) is 12.7.